The number of halogens is 1. The molecular weight excluding hydrogens is 619 g/mol. The molecule has 9 heteroatoms. The minimum atomic E-state index is -0.780. The highest BCUT2D eigenvalue weighted by Gasteiger charge is 2.31. The third-order valence-corrected chi connectivity index (χ3v) is 7.62. The molecule has 0 spiro atoms. The predicted octanol–water partition coefficient (Wildman–Crippen LogP) is 3.61. The fraction of sp³-hybridized carbons (Fsp3) is 0.516. The smallest absolute Gasteiger partial charge is 0.243 e. The Kier molecular flexibility index (Phi) is 12.7. The molecule has 8 nitrogen and oxygen atoms in total. The lowest BCUT2D eigenvalue weighted by atomic mass is 9.99. The second kappa shape index (κ2) is 16.0. The summed E-state index contributed by atoms with van der Waals surface area (Å²) in [6.45, 7) is 9.15. The van der Waals surface area contributed by atoms with E-state index >= 15 is 0 Å². The molecule has 0 radical (unpaired) electrons. The molecule has 2 aromatic rings. The van der Waals surface area contributed by atoms with Crippen LogP contribution in [0.2, 0.25) is 0 Å². The fourth-order valence-corrected chi connectivity index (χ4v) is 5.09. The second-order valence-electron chi connectivity index (χ2n) is 11.1. The maximum absolute atomic E-state index is 13.6. The minimum Gasteiger partial charge on any atom is -0.492 e. The van der Waals surface area contributed by atoms with Gasteiger partial charge in [-0.15, -0.1) is 0 Å². The average Bonchev–Trinajstić information content (AvgIpc) is 2.91. The average molecular weight is 663 g/mol. The molecule has 2 aromatic carbocycles. The third-order valence-electron chi connectivity index (χ3n) is 6.90. The van der Waals surface area contributed by atoms with Crippen LogP contribution >= 0.6 is 22.6 Å². The first-order chi connectivity index (χ1) is 19.1. The molecule has 1 aliphatic rings. The molecule has 40 heavy (non-hydrogen) atoms. The van der Waals surface area contributed by atoms with E-state index in [1.807, 2.05) is 76.2 Å². The summed E-state index contributed by atoms with van der Waals surface area (Å²) in [5, 5.41) is 12.2. The van der Waals surface area contributed by atoms with E-state index in [-0.39, 0.29) is 29.6 Å². The van der Waals surface area contributed by atoms with Crippen LogP contribution in [0.15, 0.2) is 48.5 Å². The Balaban J connectivity index is 1.86. The summed E-state index contributed by atoms with van der Waals surface area (Å²) < 4.78 is 7.21. The van der Waals surface area contributed by atoms with Crippen LogP contribution in [0.25, 0.3) is 0 Å². The second-order valence-corrected chi connectivity index (χ2v) is 12.4. The van der Waals surface area contributed by atoms with E-state index < -0.39 is 18.1 Å². The number of fused-ring (bicyclic) bond motifs is 1. The molecule has 0 aliphatic carbocycles. The lowest BCUT2D eigenvalue weighted by Crippen LogP contribution is -2.58. The predicted molar refractivity (Wildman–Crippen MR) is 166 cm³/mol. The number of carbonyl (C=O) groups excluding carboxylic acids is 3. The normalized spacial score (nSPS) is 21.9. The lowest BCUT2D eigenvalue weighted by Gasteiger charge is -2.28. The molecule has 0 saturated carbocycles. The Labute approximate surface area is 251 Å². The number of rotatable bonds is 5. The molecule has 3 amide bonds. The van der Waals surface area contributed by atoms with Crippen molar-refractivity contribution in [1.29, 1.82) is 0 Å². The zero-order valence-corrected chi connectivity index (χ0v) is 26.1. The summed E-state index contributed by atoms with van der Waals surface area (Å²) in [4.78, 5) is 40.1. The summed E-state index contributed by atoms with van der Waals surface area (Å²) in [5.41, 5.74) is 2.08. The highest BCUT2D eigenvalue weighted by molar-refractivity contribution is 14.1. The van der Waals surface area contributed by atoms with Crippen LogP contribution in [0.3, 0.4) is 0 Å². The molecule has 4 N–H and O–H groups in total. The van der Waals surface area contributed by atoms with E-state index in [4.69, 9.17) is 4.74 Å². The van der Waals surface area contributed by atoms with Gasteiger partial charge in [0.25, 0.3) is 0 Å². The first-order valence-corrected chi connectivity index (χ1v) is 15.3. The van der Waals surface area contributed by atoms with Crippen LogP contribution in [-0.4, -0.2) is 55.5 Å². The number of nitrogens with one attached hydrogen (secondary N) is 4. The number of hydrogen-bond donors (Lipinski definition) is 4. The van der Waals surface area contributed by atoms with Gasteiger partial charge in [0.15, 0.2) is 0 Å². The first kappa shape index (κ1) is 31.9. The van der Waals surface area contributed by atoms with E-state index in [9.17, 15) is 14.4 Å². The summed E-state index contributed by atoms with van der Waals surface area (Å²) in [6, 6.07) is 13.9. The number of ether oxygens (including phenoxy) is 1. The van der Waals surface area contributed by atoms with Gasteiger partial charge in [-0.1, -0.05) is 58.0 Å². The number of amides is 3. The zero-order chi connectivity index (χ0) is 29.1. The molecule has 1 aliphatic heterocycles. The molecule has 3 atom stereocenters. The van der Waals surface area contributed by atoms with Crippen LogP contribution in [0.1, 0.15) is 51.7 Å². The van der Waals surface area contributed by atoms with Crippen LogP contribution in [-0.2, 0) is 27.2 Å². The fourth-order valence-electron chi connectivity index (χ4n) is 4.73. The quantitative estimate of drug-likeness (QED) is 0.366. The molecule has 3 rings (SSSR count). The standard InChI is InChI=1S/C31H43IN4O4/c1-20(2)18-26-29(37)34-15-7-9-23-8-5-6-10-27(23)40-17-16-33-25(19-22-11-13-24(32)14-12-22)30(38)36-28(21(3)4)31(39)35-26/h5-6,8,10-14,20-21,25-26,28,33H,7,9,15-19H2,1-4H3,(H,34,37)(H,35,39)(H,36,38)/t25-,26+,28-/m1/s1. The highest BCUT2D eigenvalue weighted by Crippen LogP contribution is 2.19. The molecule has 0 unspecified atom stereocenters. The Morgan fingerprint density at radius 1 is 0.875 bits per heavy atom. The zero-order valence-electron chi connectivity index (χ0n) is 24.0. The molecule has 1 heterocycles. The van der Waals surface area contributed by atoms with Gasteiger partial charge in [0.1, 0.15) is 24.4 Å². The largest absolute Gasteiger partial charge is 0.492 e. The lowest BCUT2D eigenvalue weighted by molar-refractivity contribution is -0.133. The summed E-state index contributed by atoms with van der Waals surface area (Å²) in [5.74, 6) is 0.0120. The van der Waals surface area contributed by atoms with Crippen molar-refractivity contribution in [3.05, 3.63) is 63.2 Å². The monoisotopic (exact) mass is 662 g/mol. The topological polar surface area (TPSA) is 109 Å². The van der Waals surface area contributed by atoms with Gasteiger partial charge >= 0.3 is 0 Å². The van der Waals surface area contributed by atoms with Gasteiger partial charge in [-0.25, -0.2) is 0 Å². The Hall–Kier alpha value is -2.66. The molecule has 0 saturated heterocycles. The molecule has 218 valence electrons. The van der Waals surface area contributed by atoms with Crippen LogP contribution in [0.5, 0.6) is 5.75 Å². The Morgan fingerprint density at radius 3 is 2.30 bits per heavy atom. The van der Waals surface area contributed by atoms with Crippen molar-refractivity contribution < 1.29 is 19.1 Å². The van der Waals surface area contributed by atoms with Gasteiger partial charge in [-0.3, -0.25) is 14.4 Å². The van der Waals surface area contributed by atoms with E-state index in [1.54, 1.807) is 0 Å². The van der Waals surface area contributed by atoms with Crippen molar-refractivity contribution in [3.63, 3.8) is 0 Å². The number of aryl methyl sites for hydroxylation is 1. The molecule has 0 bridgehead atoms. The van der Waals surface area contributed by atoms with Gasteiger partial charge in [-0.05, 0) is 89.4 Å². The maximum atomic E-state index is 13.6. The van der Waals surface area contributed by atoms with Gasteiger partial charge in [0.2, 0.25) is 17.7 Å². The van der Waals surface area contributed by atoms with Crippen LogP contribution in [0, 0.1) is 15.4 Å². The van der Waals surface area contributed by atoms with Gasteiger partial charge in [-0.2, -0.15) is 0 Å². The number of para-hydroxylation sites is 1. The highest BCUT2D eigenvalue weighted by atomic mass is 127. The minimum absolute atomic E-state index is 0.170. The van der Waals surface area contributed by atoms with Crippen molar-refractivity contribution >= 4 is 40.3 Å². The summed E-state index contributed by atoms with van der Waals surface area (Å²) in [7, 11) is 0. The number of hydrogen-bond acceptors (Lipinski definition) is 5. The summed E-state index contributed by atoms with van der Waals surface area (Å²) in [6.07, 6.45) is 2.46. The molecule has 0 fully saturated rings. The van der Waals surface area contributed by atoms with Crippen molar-refractivity contribution in [3.8, 4) is 5.75 Å². The molecule has 0 aromatic heterocycles. The SMILES string of the molecule is CC(C)C[C@@H]1NC(=O)[C@@H](C(C)C)NC(=O)[C@@H](Cc2ccc(I)cc2)NCCOc2ccccc2CCCNC1=O. The van der Waals surface area contributed by atoms with E-state index in [0.717, 1.165) is 33.3 Å². The van der Waals surface area contributed by atoms with Gasteiger partial charge < -0.3 is 26.0 Å². The van der Waals surface area contributed by atoms with Crippen molar-refractivity contribution in [2.24, 2.45) is 11.8 Å². The van der Waals surface area contributed by atoms with Crippen molar-refractivity contribution in [2.45, 2.75) is 71.5 Å². The van der Waals surface area contributed by atoms with Crippen LogP contribution < -0.4 is 26.0 Å². The summed E-state index contributed by atoms with van der Waals surface area (Å²) >= 11 is 2.26. The Bertz CT molecular complexity index is 1120. The first-order valence-electron chi connectivity index (χ1n) is 14.2. The van der Waals surface area contributed by atoms with E-state index in [0.29, 0.717) is 32.5 Å². The van der Waals surface area contributed by atoms with E-state index in [1.165, 1.54) is 0 Å². The van der Waals surface area contributed by atoms with Gasteiger partial charge in [0, 0.05) is 16.7 Å². The Morgan fingerprint density at radius 2 is 1.60 bits per heavy atom. The van der Waals surface area contributed by atoms with Crippen molar-refractivity contribution in [2.75, 3.05) is 19.7 Å². The maximum Gasteiger partial charge on any atom is 0.243 e. The van der Waals surface area contributed by atoms with Crippen LogP contribution in [0.4, 0.5) is 0 Å². The number of carbonyl (C=O) groups is 3. The third kappa shape index (κ3) is 10.1. The molecular formula is C31H43IN4O4. The number of benzene rings is 2. The van der Waals surface area contributed by atoms with Gasteiger partial charge in [0.05, 0.1) is 6.04 Å². The van der Waals surface area contributed by atoms with Crippen molar-refractivity contribution in [1.82, 2.24) is 21.3 Å². The van der Waals surface area contributed by atoms with E-state index in [2.05, 4.69) is 43.9 Å².